The standard InChI is InChI=1S/C23H25ClN2O2/c1-6-11-26-20-9-7-16(14(2)3)12-18(20)15(4)22(26)23(27)25-19-13-17(24)8-10-21(19)28-5/h6-10,12-14H,1,11H2,2-5H3,(H,25,27). The van der Waals surface area contributed by atoms with Crippen molar-refractivity contribution in [2.24, 2.45) is 0 Å². The van der Waals surface area contributed by atoms with Crippen molar-refractivity contribution < 1.29 is 9.53 Å². The van der Waals surface area contributed by atoms with Crippen molar-refractivity contribution in [3.8, 4) is 5.75 Å². The number of methoxy groups -OCH3 is 1. The number of fused-ring (bicyclic) bond motifs is 1. The van der Waals surface area contributed by atoms with Gasteiger partial charge in [0.2, 0.25) is 0 Å². The number of ether oxygens (including phenoxy) is 1. The first-order chi connectivity index (χ1) is 13.4. The Hall–Kier alpha value is -2.72. The molecule has 2 aromatic carbocycles. The number of hydrogen-bond acceptors (Lipinski definition) is 2. The van der Waals surface area contributed by atoms with Crippen LogP contribution in [0.2, 0.25) is 5.02 Å². The maximum absolute atomic E-state index is 13.2. The number of nitrogens with zero attached hydrogens (tertiary/aromatic N) is 1. The van der Waals surface area contributed by atoms with E-state index >= 15 is 0 Å². The topological polar surface area (TPSA) is 43.3 Å². The SMILES string of the molecule is C=CCn1c(C(=O)Nc2cc(Cl)ccc2OC)c(C)c2cc(C(C)C)ccc21. The second kappa shape index (κ2) is 8.11. The first-order valence-electron chi connectivity index (χ1n) is 9.25. The summed E-state index contributed by atoms with van der Waals surface area (Å²) in [6, 6.07) is 11.5. The predicted octanol–water partition coefficient (Wildman–Crippen LogP) is 6.17. The Morgan fingerprint density at radius 2 is 2.04 bits per heavy atom. The maximum Gasteiger partial charge on any atom is 0.272 e. The van der Waals surface area contributed by atoms with Crippen LogP contribution in [0.25, 0.3) is 10.9 Å². The largest absolute Gasteiger partial charge is 0.495 e. The van der Waals surface area contributed by atoms with E-state index in [1.54, 1.807) is 31.4 Å². The third kappa shape index (κ3) is 3.65. The molecule has 5 heteroatoms. The Morgan fingerprint density at radius 3 is 2.68 bits per heavy atom. The Balaban J connectivity index is 2.12. The number of aromatic nitrogens is 1. The molecule has 1 N–H and O–H groups in total. The fraction of sp³-hybridized carbons (Fsp3) is 0.261. The minimum absolute atomic E-state index is 0.206. The molecule has 3 aromatic rings. The minimum atomic E-state index is -0.206. The lowest BCUT2D eigenvalue weighted by Gasteiger charge is -2.13. The van der Waals surface area contributed by atoms with Gasteiger partial charge in [-0.15, -0.1) is 6.58 Å². The Morgan fingerprint density at radius 1 is 1.29 bits per heavy atom. The molecule has 0 spiro atoms. The van der Waals surface area contributed by atoms with Gasteiger partial charge in [0.1, 0.15) is 11.4 Å². The molecule has 1 amide bonds. The summed E-state index contributed by atoms with van der Waals surface area (Å²) >= 11 is 6.10. The first-order valence-corrected chi connectivity index (χ1v) is 9.63. The van der Waals surface area contributed by atoms with Gasteiger partial charge in [0.15, 0.2) is 0 Å². The molecule has 0 atom stereocenters. The number of benzene rings is 2. The maximum atomic E-state index is 13.2. The van der Waals surface area contributed by atoms with Crippen LogP contribution in [-0.2, 0) is 6.54 Å². The molecule has 0 aliphatic heterocycles. The highest BCUT2D eigenvalue weighted by Crippen LogP contribution is 2.32. The van der Waals surface area contributed by atoms with E-state index in [-0.39, 0.29) is 5.91 Å². The second-order valence-electron chi connectivity index (χ2n) is 7.10. The normalized spacial score (nSPS) is 11.1. The molecule has 1 aromatic heterocycles. The molecule has 0 aliphatic carbocycles. The first kappa shape index (κ1) is 20.0. The summed E-state index contributed by atoms with van der Waals surface area (Å²) in [7, 11) is 1.56. The number of nitrogens with one attached hydrogen (secondary N) is 1. The molecule has 0 fully saturated rings. The quantitative estimate of drug-likeness (QED) is 0.506. The van der Waals surface area contributed by atoms with Crippen LogP contribution >= 0.6 is 11.6 Å². The van der Waals surface area contributed by atoms with Crippen LogP contribution in [0.5, 0.6) is 5.75 Å². The molecular formula is C23H25ClN2O2. The number of carbonyl (C=O) groups excluding carboxylic acids is 1. The van der Waals surface area contributed by atoms with Gasteiger partial charge in [-0.05, 0) is 54.3 Å². The zero-order chi connectivity index (χ0) is 20.4. The molecule has 146 valence electrons. The van der Waals surface area contributed by atoms with Gasteiger partial charge in [-0.25, -0.2) is 0 Å². The van der Waals surface area contributed by atoms with Gasteiger partial charge in [0, 0.05) is 22.5 Å². The number of hydrogen-bond donors (Lipinski definition) is 1. The Labute approximate surface area is 170 Å². The van der Waals surface area contributed by atoms with Crippen LogP contribution < -0.4 is 10.1 Å². The van der Waals surface area contributed by atoms with Crippen molar-refractivity contribution >= 4 is 34.1 Å². The number of halogens is 1. The van der Waals surface area contributed by atoms with E-state index in [4.69, 9.17) is 16.3 Å². The Kier molecular flexibility index (Phi) is 5.80. The van der Waals surface area contributed by atoms with Gasteiger partial charge in [0.05, 0.1) is 12.8 Å². The monoisotopic (exact) mass is 396 g/mol. The molecule has 0 saturated carbocycles. The van der Waals surface area contributed by atoms with Gasteiger partial charge < -0.3 is 14.6 Å². The van der Waals surface area contributed by atoms with Gasteiger partial charge in [-0.3, -0.25) is 4.79 Å². The summed E-state index contributed by atoms with van der Waals surface area (Å²) in [5.74, 6) is 0.769. The summed E-state index contributed by atoms with van der Waals surface area (Å²) in [4.78, 5) is 13.2. The van der Waals surface area contributed by atoms with Crippen molar-refractivity contribution in [1.29, 1.82) is 0 Å². The molecule has 0 aliphatic rings. The number of amides is 1. The average Bonchev–Trinajstić information content (AvgIpc) is 2.94. The minimum Gasteiger partial charge on any atom is -0.495 e. The van der Waals surface area contributed by atoms with Crippen molar-refractivity contribution in [3.63, 3.8) is 0 Å². The molecule has 3 rings (SSSR count). The lowest BCUT2D eigenvalue weighted by Crippen LogP contribution is -2.18. The zero-order valence-corrected chi connectivity index (χ0v) is 17.4. The number of rotatable bonds is 6. The molecule has 28 heavy (non-hydrogen) atoms. The smallest absolute Gasteiger partial charge is 0.272 e. The number of anilines is 1. The highest BCUT2D eigenvalue weighted by molar-refractivity contribution is 6.31. The van der Waals surface area contributed by atoms with E-state index in [0.29, 0.717) is 34.6 Å². The summed E-state index contributed by atoms with van der Waals surface area (Å²) in [6.07, 6.45) is 1.80. The van der Waals surface area contributed by atoms with Crippen LogP contribution in [0.1, 0.15) is 41.4 Å². The van der Waals surface area contributed by atoms with E-state index in [0.717, 1.165) is 16.5 Å². The zero-order valence-electron chi connectivity index (χ0n) is 16.7. The van der Waals surface area contributed by atoms with Crippen molar-refractivity contribution in [2.45, 2.75) is 33.2 Å². The third-order valence-electron chi connectivity index (χ3n) is 4.94. The van der Waals surface area contributed by atoms with Crippen LogP contribution in [0.15, 0.2) is 49.1 Å². The summed E-state index contributed by atoms with van der Waals surface area (Å²) < 4.78 is 7.34. The van der Waals surface area contributed by atoms with Gasteiger partial charge >= 0.3 is 0 Å². The summed E-state index contributed by atoms with van der Waals surface area (Å²) in [6.45, 7) is 10.7. The van der Waals surface area contributed by atoms with Crippen molar-refractivity contribution in [3.05, 3.63) is 70.9 Å². The van der Waals surface area contributed by atoms with E-state index in [1.165, 1.54) is 5.56 Å². The van der Waals surface area contributed by atoms with Gasteiger partial charge in [0.25, 0.3) is 5.91 Å². The molecule has 1 heterocycles. The summed E-state index contributed by atoms with van der Waals surface area (Å²) in [5, 5.41) is 4.56. The van der Waals surface area contributed by atoms with Crippen LogP contribution in [0, 0.1) is 6.92 Å². The van der Waals surface area contributed by atoms with Crippen LogP contribution in [-0.4, -0.2) is 17.6 Å². The highest BCUT2D eigenvalue weighted by atomic mass is 35.5. The molecule has 0 saturated heterocycles. The highest BCUT2D eigenvalue weighted by Gasteiger charge is 2.21. The molecular weight excluding hydrogens is 372 g/mol. The number of carbonyl (C=O) groups is 1. The molecule has 0 unspecified atom stereocenters. The second-order valence-corrected chi connectivity index (χ2v) is 7.54. The average molecular weight is 397 g/mol. The van der Waals surface area contributed by atoms with Crippen molar-refractivity contribution in [2.75, 3.05) is 12.4 Å². The number of aryl methyl sites for hydroxylation is 1. The lowest BCUT2D eigenvalue weighted by molar-refractivity contribution is 0.101. The van der Waals surface area contributed by atoms with Crippen LogP contribution in [0.3, 0.4) is 0 Å². The van der Waals surface area contributed by atoms with Gasteiger partial charge in [-0.2, -0.15) is 0 Å². The predicted molar refractivity (Wildman–Crippen MR) is 117 cm³/mol. The molecule has 0 bridgehead atoms. The fourth-order valence-electron chi connectivity index (χ4n) is 3.47. The lowest BCUT2D eigenvalue weighted by atomic mass is 10.0. The van der Waals surface area contributed by atoms with E-state index in [1.807, 2.05) is 11.5 Å². The molecule has 0 radical (unpaired) electrons. The number of allylic oxidation sites excluding steroid dienone is 1. The van der Waals surface area contributed by atoms with Crippen LogP contribution in [0.4, 0.5) is 5.69 Å². The fourth-order valence-corrected chi connectivity index (χ4v) is 3.64. The van der Waals surface area contributed by atoms with Crippen molar-refractivity contribution in [1.82, 2.24) is 4.57 Å². The van der Waals surface area contributed by atoms with Gasteiger partial charge in [-0.1, -0.05) is 37.6 Å². The van der Waals surface area contributed by atoms with E-state index < -0.39 is 0 Å². The van der Waals surface area contributed by atoms with E-state index in [9.17, 15) is 4.79 Å². The summed E-state index contributed by atoms with van der Waals surface area (Å²) in [5.41, 5.74) is 4.35. The Bertz CT molecular complexity index is 1050. The van der Waals surface area contributed by atoms with E-state index in [2.05, 4.69) is 43.9 Å². The molecule has 4 nitrogen and oxygen atoms in total. The third-order valence-corrected chi connectivity index (χ3v) is 5.18.